The number of H-pyrrole nitrogens is 1. The number of rotatable bonds is 4. The van der Waals surface area contributed by atoms with Gasteiger partial charge in [0.05, 0.1) is 12.1 Å². The van der Waals surface area contributed by atoms with E-state index in [2.05, 4.69) is 46.3 Å². The van der Waals surface area contributed by atoms with Gasteiger partial charge < -0.3 is 10.3 Å². The van der Waals surface area contributed by atoms with E-state index < -0.39 is 0 Å². The topological polar surface area (TPSA) is 107 Å². The second-order valence-corrected chi connectivity index (χ2v) is 5.51. The van der Waals surface area contributed by atoms with Crippen molar-refractivity contribution in [3.8, 4) is 11.5 Å². The molecule has 98 valence electrons. The summed E-state index contributed by atoms with van der Waals surface area (Å²) in [5, 5.41) is 14.0. The van der Waals surface area contributed by atoms with Crippen LogP contribution in [0.15, 0.2) is 10.7 Å². The van der Waals surface area contributed by atoms with E-state index in [4.69, 9.17) is 10.3 Å². The Hall–Kier alpha value is -1.76. The molecule has 18 heavy (non-hydrogen) atoms. The van der Waals surface area contributed by atoms with Crippen LogP contribution in [0.1, 0.15) is 39.0 Å². The van der Waals surface area contributed by atoms with E-state index in [0.29, 0.717) is 24.0 Å². The van der Waals surface area contributed by atoms with E-state index >= 15 is 0 Å². The average Bonchev–Trinajstić information content (AvgIpc) is 2.94. The van der Waals surface area contributed by atoms with Crippen molar-refractivity contribution in [2.24, 2.45) is 11.1 Å². The van der Waals surface area contributed by atoms with Crippen molar-refractivity contribution < 1.29 is 4.52 Å². The van der Waals surface area contributed by atoms with Crippen LogP contribution in [0.5, 0.6) is 0 Å². The number of hydrogen-bond donors (Lipinski definition) is 2. The Balaban J connectivity index is 2.18. The lowest BCUT2D eigenvalue weighted by atomic mass is 9.84. The van der Waals surface area contributed by atoms with E-state index in [1.165, 1.54) is 0 Å². The molecule has 0 aliphatic heterocycles. The molecule has 0 amide bonds. The summed E-state index contributed by atoms with van der Waals surface area (Å²) in [5.74, 6) is 1.06. The Bertz CT molecular complexity index is 484. The molecule has 0 saturated carbocycles. The Kier molecular flexibility index (Phi) is 3.42. The third kappa shape index (κ3) is 2.92. The molecule has 7 nitrogen and oxygen atoms in total. The summed E-state index contributed by atoms with van der Waals surface area (Å²) < 4.78 is 5.26. The molecular weight excluding hydrogens is 232 g/mol. The summed E-state index contributed by atoms with van der Waals surface area (Å²) in [4.78, 5) is 4.33. The van der Waals surface area contributed by atoms with Crippen LogP contribution in [0.3, 0.4) is 0 Å². The van der Waals surface area contributed by atoms with Crippen LogP contribution in [-0.2, 0) is 0 Å². The zero-order chi connectivity index (χ0) is 13.2. The highest BCUT2D eigenvalue weighted by Gasteiger charge is 2.24. The summed E-state index contributed by atoms with van der Waals surface area (Å²) in [6.07, 6.45) is 2.44. The molecule has 0 bridgehead atoms. The van der Waals surface area contributed by atoms with Crippen molar-refractivity contribution >= 4 is 0 Å². The van der Waals surface area contributed by atoms with E-state index in [0.717, 1.165) is 6.42 Å². The molecule has 0 fully saturated rings. The van der Waals surface area contributed by atoms with Crippen LogP contribution in [0.2, 0.25) is 0 Å². The molecule has 0 spiro atoms. The molecule has 2 aromatic rings. The van der Waals surface area contributed by atoms with Gasteiger partial charge in [-0.05, 0) is 11.8 Å². The Morgan fingerprint density at radius 3 is 2.78 bits per heavy atom. The van der Waals surface area contributed by atoms with Gasteiger partial charge in [-0.2, -0.15) is 20.4 Å². The minimum atomic E-state index is 0.0677. The normalized spacial score (nSPS) is 13.8. The summed E-state index contributed by atoms with van der Waals surface area (Å²) in [6.45, 7) is 6.96. The lowest BCUT2D eigenvalue weighted by Gasteiger charge is -2.22. The SMILES string of the molecule is CC(C)(C)CC(CN)c1nc(-c2cn[nH]n2)no1. The minimum Gasteiger partial charge on any atom is -0.339 e. The molecule has 0 aliphatic carbocycles. The van der Waals surface area contributed by atoms with Gasteiger partial charge in [0.15, 0.2) is 5.69 Å². The van der Waals surface area contributed by atoms with Gasteiger partial charge in [-0.25, -0.2) is 0 Å². The van der Waals surface area contributed by atoms with Crippen LogP contribution in [0, 0.1) is 5.41 Å². The molecule has 0 saturated heterocycles. The molecule has 0 aliphatic rings. The van der Waals surface area contributed by atoms with E-state index in [1.807, 2.05) is 0 Å². The van der Waals surface area contributed by atoms with Crippen molar-refractivity contribution in [1.29, 1.82) is 0 Å². The number of aromatic amines is 1. The van der Waals surface area contributed by atoms with Gasteiger partial charge in [0.25, 0.3) is 0 Å². The number of hydrogen-bond acceptors (Lipinski definition) is 6. The van der Waals surface area contributed by atoms with Gasteiger partial charge in [-0.3, -0.25) is 0 Å². The Morgan fingerprint density at radius 2 is 2.22 bits per heavy atom. The summed E-state index contributed by atoms with van der Waals surface area (Å²) in [6, 6.07) is 0. The van der Waals surface area contributed by atoms with Crippen LogP contribution in [-0.4, -0.2) is 32.1 Å². The summed E-state index contributed by atoms with van der Waals surface area (Å²) >= 11 is 0. The molecule has 0 aromatic carbocycles. The van der Waals surface area contributed by atoms with Gasteiger partial charge in [0, 0.05) is 6.54 Å². The van der Waals surface area contributed by atoms with E-state index in [-0.39, 0.29) is 11.3 Å². The highest BCUT2D eigenvalue weighted by atomic mass is 16.5. The lowest BCUT2D eigenvalue weighted by molar-refractivity contribution is 0.287. The average molecular weight is 250 g/mol. The molecule has 2 heterocycles. The molecular formula is C11H18N6O. The number of nitrogens with zero attached hydrogens (tertiary/aromatic N) is 4. The monoisotopic (exact) mass is 250 g/mol. The maximum absolute atomic E-state index is 5.78. The molecule has 1 unspecified atom stereocenters. The van der Waals surface area contributed by atoms with Crippen molar-refractivity contribution in [2.75, 3.05) is 6.54 Å². The first-order valence-corrected chi connectivity index (χ1v) is 5.89. The summed E-state index contributed by atoms with van der Waals surface area (Å²) in [7, 11) is 0. The fourth-order valence-corrected chi connectivity index (χ4v) is 1.83. The lowest BCUT2D eigenvalue weighted by Crippen LogP contribution is -2.19. The fraction of sp³-hybridized carbons (Fsp3) is 0.636. The third-order valence-electron chi connectivity index (χ3n) is 2.58. The van der Waals surface area contributed by atoms with Crippen molar-refractivity contribution in [1.82, 2.24) is 25.6 Å². The van der Waals surface area contributed by atoms with E-state index in [9.17, 15) is 0 Å². The summed E-state index contributed by atoms with van der Waals surface area (Å²) in [5.41, 5.74) is 6.50. The fourth-order valence-electron chi connectivity index (χ4n) is 1.83. The van der Waals surface area contributed by atoms with E-state index in [1.54, 1.807) is 6.20 Å². The van der Waals surface area contributed by atoms with Crippen molar-refractivity contribution in [3.63, 3.8) is 0 Å². The Labute approximate surface area is 105 Å². The maximum Gasteiger partial charge on any atom is 0.231 e. The number of nitrogens with two attached hydrogens (primary N) is 1. The second kappa shape index (κ2) is 4.85. The first-order chi connectivity index (χ1) is 8.49. The largest absolute Gasteiger partial charge is 0.339 e. The molecule has 2 rings (SSSR count). The number of nitrogens with one attached hydrogen (secondary N) is 1. The minimum absolute atomic E-state index is 0.0677. The van der Waals surface area contributed by atoms with Crippen LogP contribution < -0.4 is 5.73 Å². The maximum atomic E-state index is 5.78. The van der Waals surface area contributed by atoms with Gasteiger partial charge in [-0.15, -0.1) is 0 Å². The zero-order valence-corrected chi connectivity index (χ0v) is 10.8. The van der Waals surface area contributed by atoms with Crippen LogP contribution in [0.4, 0.5) is 0 Å². The predicted molar refractivity (Wildman–Crippen MR) is 65.5 cm³/mol. The van der Waals surface area contributed by atoms with Crippen LogP contribution >= 0.6 is 0 Å². The molecule has 3 N–H and O–H groups in total. The van der Waals surface area contributed by atoms with Crippen molar-refractivity contribution in [3.05, 3.63) is 12.1 Å². The highest BCUT2D eigenvalue weighted by Crippen LogP contribution is 2.30. The van der Waals surface area contributed by atoms with Crippen LogP contribution in [0.25, 0.3) is 11.5 Å². The van der Waals surface area contributed by atoms with Gasteiger partial charge in [-0.1, -0.05) is 25.9 Å². The first-order valence-electron chi connectivity index (χ1n) is 5.89. The van der Waals surface area contributed by atoms with Crippen molar-refractivity contribution in [2.45, 2.75) is 33.1 Å². The molecule has 1 atom stereocenters. The second-order valence-electron chi connectivity index (χ2n) is 5.51. The first kappa shape index (κ1) is 12.7. The molecule has 7 heteroatoms. The highest BCUT2D eigenvalue weighted by molar-refractivity contribution is 5.44. The predicted octanol–water partition coefficient (Wildman–Crippen LogP) is 1.33. The van der Waals surface area contributed by atoms with Gasteiger partial charge in [0.2, 0.25) is 11.7 Å². The molecule has 2 aromatic heterocycles. The van der Waals surface area contributed by atoms with Gasteiger partial charge >= 0.3 is 0 Å². The third-order valence-corrected chi connectivity index (χ3v) is 2.58. The van der Waals surface area contributed by atoms with Gasteiger partial charge in [0.1, 0.15) is 0 Å². The Morgan fingerprint density at radius 1 is 1.44 bits per heavy atom. The quantitative estimate of drug-likeness (QED) is 0.847. The smallest absolute Gasteiger partial charge is 0.231 e. The number of aromatic nitrogens is 5. The zero-order valence-electron chi connectivity index (χ0n) is 10.8. The standard InChI is InChI=1S/C11H18N6O/c1-11(2,3)4-7(5-12)10-14-9(16-18-10)8-6-13-17-15-8/h6-7H,4-5,12H2,1-3H3,(H,13,15,17). The molecule has 0 radical (unpaired) electrons.